The largest absolute Gasteiger partial charge is 0.505 e. The molecule has 100 valence electrons. The number of aryl methyl sites for hydroxylation is 1. The summed E-state index contributed by atoms with van der Waals surface area (Å²) in [6.45, 7) is 1.97. The molecule has 6 nitrogen and oxygen atoms in total. The number of carbonyl (C=O) groups is 1. The van der Waals surface area contributed by atoms with Crippen molar-refractivity contribution in [3.05, 3.63) is 46.1 Å². The van der Waals surface area contributed by atoms with Crippen molar-refractivity contribution < 1.29 is 9.90 Å². The van der Waals surface area contributed by atoms with E-state index in [9.17, 15) is 9.90 Å². The highest BCUT2D eigenvalue weighted by molar-refractivity contribution is 7.14. The van der Waals surface area contributed by atoms with Crippen LogP contribution in [-0.4, -0.2) is 21.1 Å². The van der Waals surface area contributed by atoms with E-state index in [1.807, 2.05) is 6.92 Å². The Labute approximate surface area is 118 Å². The van der Waals surface area contributed by atoms with Crippen LogP contribution in [0.1, 0.15) is 27.9 Å². The van der Waals surface area contributed by atoms with Gasteiger partial charge in [-0.25, -0.2) is 0 Å². The molecular weight excluding hydrogens is 276 g/mol. The summed E-state index contributed by atoms with van der Waals surface area (Å²) >= 11 is 1.30. The molecule has 3 rings (SSSR count). The summed E-state index contributed by atoms with van der Waals surface area (Å²) < 4.78 is 0. The summed E-state index contributed by atoms with van der Waals surface area (Å²) in [4.78, 5) is 12.1. The van der Waals surface area contributed by atoms with Crippen LogP contribution in [-0.2, 0) is 6.42 Å². The summed E-state index contributed by atoms with van der Waals surface area (Å²) in [5, 5.41) is 26.7. The average molecular weight is 286 g/mol. The molecule has 0 saturated carbocycles. The van der Waals surface area contributed by atoms with Crippen LogP contribution in [0, 0.1) is 0 Å². The lowest BCUT2D eigenvalue weighted by atomic mass is 10.1. The van der Waals surface area contributed by atoms with E-state index in [0.29, 0.717) is 16.3 Å². The van der Waals surface area contributed by atoms with Gasteiger partial charge in [0.2, 0.25) is 5.78 Å². The van der Waals surface area contributed by atoms with Crippen LogP contribution in [0.2, 0.25) is 0 Å². The molecule has 1 aliphatic carbocycles. The molecular formula is C13H10N4O2S. The topological polar surface area (TPSA) is 87.8 Å². The minimum absolute atomic E-state index is 0.0561. The monoisotopic (exact) mass is 286 g/mol. The zero-order chi connectivity index (χ0) is 14.1. The Morgan fingerprint density at radius 3 is 2.60 bits per heavy atom. The number of allylic oxidation sites excluding steroid dienone is 1. The highest BCUT2D eigenvalue weighted by Gasteiger charge is 2.29. The minimum atomic E-state index is -0.331. The van der Waals surface area contributed by atoms with E-state index in [2.05, 4.69) is 20.4 Å². The first-order valence-corrected chi connectivity index (χ1v) is 6.83. The smallest absolute Gasteiger partial charge is 0.251 e. The predicted molar refractivity (Wildman–Crippen MR) is 74.1 cm³/mol. The van der Waals surface area contributed by atoms with E-state index in [1.165, 1.54) is 11.3 Å². The molecule has 1 aromatic carbocycles. The molecule has 0 aliphatic heterocycles. The normalized spacial score (nSPS) is 14.3. The Kier molecular flexibility index (Phi) is 3.11. The lowest BCUT2D eigenvalue weighted by Gasteiger charge is -1.94. The van der Waals surface area contributed by atoms with Gasteiger partial charge in [-0.3, -0.25) is 4.79 Å². The molecule has 0 spiro atoms. The summed E-state index contributed by atoms with van der Waals surface area (Å²) in [7, 11) is 0. The number of aromatic nitrogens is 2. The zero-order valence-electron chi connectivity index (χ0n) is 10.6. The molecule has 0 bridgehead atoms. The molecule has 0 radical (unpaired) electrons. The number of hydrogen-bond acceptors (Lipinski definition) is 7. The van der Waals surface area contributed by atoms with Gasteiger partial charge in [0.1, 0.15) is 5.01 Å². The van der Waals surface area contributed by atoms with Crippen LogP contribution in [0.5, 0.6) is 0 Å². The predicted octanol–water partition coefficient (Wildman–Crippen LogP) is 3.31. The molecule has 0 amide bonds. The van der Waals surface area contributed by atoms with Crippen molar-refractivity contribution in [3.63, 3.8) is 0 Å². The highest BCUT2D eigenvalue weighted by Crippen LogP contribution is 2.32. The number of azo groups is 1. The van der Waals surface area contributed by atoms with Gasteiger partial charge < -0.3 is 5.11 Å². The van der Waals surface area contributed by atoms with Crippen LogP contribution < -0.4 is 0 Å². The lowest BCUT2D eigenvalue weighted by molar-refractivity contribution is 0.103. The molecule has 0 atom stereocenters. The molecule has 0 saturated heterocycles. The van der Waals surface area contributed by atoms with E-state index in [-0.39, 0.29) is 17.2 Å². The third-order valence-electron chi connectivity index (χ3n) is 2.86. The number of aliphatic hydroxyl groups excluding tert-OH is 1. The van der Waals surface area contributed by atoms with Crippen LogP contribution >= 0.6 is 11.3 Å². The number of ketones is 1. The van der Waals surface area contributed by atoms with Gasteiger partial charge in [-0.15, -0.1) is 20.4 Å². The van der Waals surface area contributed by atoms with Gasteiger partial charge in [-0.1, -0.05) is 42.5 Å². The maximum Gasteiger partial charge on any atom is 0.251 e. The van der Waals surface area contributed by atoms with Gasteiger partial charge in [-0.05, 0) is 6.42 Å². The highest BCUT2D eigenvalue weighted by atomic mass is 32.1. The first kappa shape index (κ1) is 12.6. The molecule has 1 aromatic heterocycles. The molecule has 1 heterocycles. The summed E-state index contributed by atoms with van der Waals surface area (Å²) in [6.07, 6.45) is 0.769. The zero-order valence-corrected chi connectivity index (χ0v) is 11.4. The van der Waals surface area contributed by atoms with Gasteiger partial charge in [-0.2, -0.15) is 0 Å². The number of rotatable bonds is 3. The minimum Gasteiger partial charge on any atom is -0.505 e. The van der Waals surface area contributed by atoms with Crippen LogP contribution in [0.15, 0.2) is 40.2 Å². The van der Waals surface area contributed by atoms with Crippen molar-refractivity contribution in [3.8, 4) is 0 Å². The fourth-order valence-corrected chi connectivity index (χ4v) is 2.46. The molecule has 7 heteroatoms. The van der Waals surface area contributed by atoms with Gasteiger partial charge in [0, 0.05) is 11.1 Å². The van der Waals surface area contributed by atoms with Crippen LogP contribution in [0.25, 0.3) is 5.76 Å². The number of benzene rings is 1. The molecule has 1 N–H and O–H groups in total. The van der Waals surface area contributed by atoms with Crippen molar-refractivity contribution in [1.82, 2.24) is 10.2 Å². The first-order chi connectivity index (χ1) is 9.70. The Bertz CT molecular complexity index is 748. The van der Waals surface area contributed by atoms with E-state index < -0.39 is 0 Å². The van der Waals surface area contributed by atoms with E-state index in [1.54, 1.807) is 24.3 Å². The van der Waals surface area contributed by atoms with Gasteiger partial charge >= 0.3 is 0 Å². The second kappa shape index (κ2) is 4.93. The maximum absolute atomic E-state index is 12.1. The number of nitrogens with zero attached hydrogens (tertiary/aromatic N) is 4. The van der Waals surface area contributed by atoms with Crippen molar-refractivity contribution in [2.24, 2.45) is 10.2 Å². The molecule has 0 fully saturated rings. The maximum atomic E-state index is 12.1. The Hall–Kier alpha value is -2.41. The van der Waals surface area contributed by atoms with Crippen LogP contribution in [0.3, 0.4) is 0 Å². The number of aliphatic hydroxyl groups is 1. The number of carbonyl (C=O) groups excluding carboxylic acids is 1. The molecule has 1 aliphatic rings. The average Bonchev–Trinajstić information content (AvgIpc) is 3.03. The van der Waals surface area contributed by atoms with Crippen molar-refractivity contribution in [2.45, 2.75) is 13.3 Å². The van der Waals surface area contributed by atoms with Crippen molar-refractivity contribution in [1.29, 1.82) is 0 Å². The lowest BCUT2D eigenvalue weighted by Crippen LogP contribution is -1.95. The summed E-state index contributed by atoms with van der Waals surface area (Å²) in [6, 6.07) is 6.81. The van der Waals surface area contributed by atoms with E-state index >= 15 is 0 Å². The second-order valence-corrected chi connectivity index (χ2v) is 5.14. The Morgan fingerprint density at radius 2 is 1.95 bits per heavy atom. The van der Waals surface area contributed by atoms with Gasteiger partial charge in [0.25, 0.3) is 5.13 Å². The molecule has 2 aromatic rings. The third kappa shape index (κ3) is 2.01. The summed E-state index contributed by atoms with van der Waals surface area (Å²) in [5.41, 5.74) is 0.864. The number of hydrogen-bond donors (Lipinski definition) is 1. The Morgan fingerprint density at radius 1 is 1.20 bits per heavy atom. The van der Waals surface area contributed by atoms with E-state index in [4.69, 9.17) is 0 Å². The second-order valence-electron chi connectivity index (χ2n) is 4.10. The van der Waals surface area contributed by atoms with Crippen LogP contribution in [0.4, 0.5) is 5.13 Å². The first-order valence-electron chi connectivity index (χ1n) is 6.02. The molecule has 20 heavy (non-hydrogen) atoms. The number of fused-ring (bicyclic) bond motifs is 1. The van der Waals surface area contributed by atoms with Crippen molar-refractivity contribution in [2.75, 3.05) is 0 Å². The number of Topliss-reactive ketones (excluding diaryl/α,β-unsaturated/α-hetero) is 1. The third-order valence-corrected chi connectivity index (χ3v) is 3.81. The quantitative estimate of drug-likeness (QED) is 0.877. The summed E-state index contributed by atoms with van der Waals surface area (Å²) in [5.74, 6) is -0.475. The van der Waals surface area contributed by atoms with Crippen molar-refractivity contribution >= 4 is 28.0 Å². The molecule has 0 unspecified atom stereocenters. The standard InChI is InChI=1S/C13H10N4O2S/c1-2-9-14-16-13(20-9)17-15-10-11(18)7-5-3-4-6-8(7)12(10)19/h3-6,18H,2H2,1H3. The Balaban J connectivity index is 1.92. The van der Waals surface area contributed by atoms with E-state index in [0.717, 1.165) is 11.4 Å². The fourth-order valence-electron chi connectivity index (χ4n) is 1.86. The fraction of sp³-hybridized carbons (Fsp3) is 0.154. The van der Waals surface area contributed by atoms with Gasteiger partial charge in [0.05, 0.1) is 0 Å². The van der Waals surface area contributed by atoms with Gasteiger partial charge in [0.15, 0.2) is 11.5 Å². The SMILES string of the molecule is CCc1nnc(N=NC2=C(O)c3ccccc3C2=O)s1.